The zero-order valence-electron chi connectivity index (χ0n) is 17.1. The van der Waals surface area contributed by atoms with Crippen molar-refractivity contribution in [2.45, 2.75) is 32.2 Å². The van der Waals surface area contributed by atoms with Crippen LogP contribution in [-0.2, 0) is 6.42 Å². The van der Waals surface area contributed by atoms with Gasteiger partial charge in [-0.05, 0) is 49.6 Å². The molecule has 0 spiro atoms. The first-order valence-electron chi connectivity index (χ1n) is 9.59. The van der Waals surface area contributed by atoms with Crippen LogP contribution >= 0.6 is 11.6 Å². The zero-order valence-corrected chi connectivity index (χ0v) is 17.8. The van der Waals surface area contributed by atoms with Gasteiger partial charge in [-0.2, -0.15) is 0 Å². The third kappa shape index (κ3) is 5.64. The van der Waals surface area contributed by atoms with E-state index in [0.717, 1.165) is 5.56 Å². The van der Waals surface area contributed by atoms with Crippen molar-refractivity contribution in [1.82, 2.24) is 4.57 Å². The standard InChI is InChI=1S/C23H21BClNO5/c1-14(10-16-6-4-3-5-7-16)26-13-21(31-23(24,29)30)20(12-22(26)28)19-11-17(25)8-9-18(19)15(2)27/h3-9,11-14,29-30H,10H2,1-2H3/t14-/m1/s1. The molecule has 3 aromatic rings. The van der Waals surface area contributed by atoms with Crippen LogP contribution < -0.4 is 10.3 Å². The van der Waals surface area contributed by atoms with Crippen LogP contribution in [-0.4, -0.2) is 34.3 Å². The molecule has 0 amide bonds. The molecule has 0 bridgehead atoms. The van der Waals surface area contributed by atoms with E-state index in [4.69, 9.17) is 24.2 Å². The Labute approximate surface area is 186 Å². The van der Waals surface area contributed by atoms with Crippen LogP contribution in [0.15, 0.2) is 65.6 Å². The van der Waals surface area contributed by atoms with E-state index in [0.29, 0.717) is 22.6 Å². The van der Waals surface area contributed by atoms with E-state index in [2.05, 4.69) is 0 Å². The lowest BCUT2D eigenvalue weighted by molar-refractivity contribution is -0.223. The van der Waals surface area contributed by atoms with Crippen LogP contribution in [0.4, 0.5) is 0 Å². The minimum atomic E-state index is -2.99. The predicted molar refractivity (Wildman–Crippen MR) is 120 cm³/mol. The molecule has 2 aromatic carbocycles. The van der Waals surface area contributed by atoms with E-state index in [1.807, 2.05) is 37.3 Å². The first-order valence-corrected chi connectivity index (χ1v) is 9.96. The smallest absolute Gasteiger partial charge is 0.259 e. The molecule has 0 aliphatic rings. The first-order chi connectivity index (χ1) is 14.5. The number of hydrogen-bond donors (Lipinski definition) is 2. The molecule has 1 heterocycles. The molecule has 0 unspecified atom stereocenters. The summed E-state index contributed by atoms with van der Waals surface area (Å²) in [7, 11) is 5.24. The second-order valence-electron chi connectivity index (χ2n) is 7.34. The molecule has 2 N–H and O–H groups in total. The van der Waals surface area contributed by atoms with Crippen LogP contribution in [0.3, 0.4) is 0 Å². The average Bonchev–Trinajstić information content (AvgIpc) is 2.68. The third-order valence-electron chi connectivity index (χ3n) is 4.80. The third-order valence-corrected chi connectivity index (χ3v) is 5.04. The molecule has 6 nitrogen and oxygen atoms in total. The molecule has 0 aliphatic heterocycles. The van der Waals surface area contributed by atoms with Crippen molar-refractivity contribution in [3.05, 3.63) is 87.3 Å². The van der Waals surface area contributed by atoms with Gasteiger partial charge in [0.25, 0.3) is 11.4 Å². The molecular weight excluding hydrogens is 417 g/mol. The lowest BCUT2D eigenvalue weighted by Crippen LogP contribution is -2.36. The van der Waals surface area contributed by atoms with Crippen molar-refractivity contribution in [1.29, 1.82) is 0 Å². The van der Waals surface area contributed by atoms with Gasteiger partial charge < -0.3 is 19.5 Å². The largest absolute Gasteiger partial charge is 0.447 e. The van der Waals surface area contributed by atoms with Crippen LogP contribution in [0.25, 0.3) is 11.1 Å². The van der Waals surface area contributed by atoms with Crippen LogP contribution in [0.5, 0.6) is 5.75 Å². The van der Waals surface area contributed by atoms with Gasteiger partial charge in [0.15, 0.2) is 5.78 Å². The maximum absolute atomic E-state index is 13.0. The molecule has 2 radical (unpaired) electrons. The summed E-state index contributed by atoms with van der Waals surface area (Å²) in [6, 6.07) is 15.2. The summed E-state index contributed by atoms with van der Waals surface area (Å²) >= 11 is 6.11. The number of Topliss-reactive ketones (excluding diaryl/α,β-unsaturated/α-hetero) is 1. The van der Waals surface area contributed by atoms with Crippen LogP contribution in [0.1, 0.15) is 35.8 Å². The van der Waals surface area contributed by atoms with Gasteiger partial charge >= 0.3 is 0 Å². The van der Waals surface area contributed by atoms with E-state index >= 15 is 0 Å². The van der Waals surface area contributed by atoms with Gasteiger partial charge in [0.1, 0.15) is 5.75 Å². The summed E-state index contributed by atoms with van der Waals surface area (Å²) in [4.78, 5) is 25.1. The number of aromatic nitrogens is 1. The first kappa shape index (κ1) is 22.8. The van der Waals surface area contributed by atoms with Gasteiger partial charge in [0, 0.05) is 28.3 Å². The van der Waals surface area contributed by atoms with Crippen molar-refractivity contribution in [3.63, 3.8) is 0 Å². The summed E-state index contributed by atoms with van der Waals surface area (Å²) in [6.07, 6.45) is 1.91. The highest BCUT2D eigenvalue weighted by Crippen LogP contribution is 2.35. The number of carbonyl (C=O) groups excluding carboxylic acids is 1. The molecule has 8 heteroatoms. The number of benzene rings is 2. The maximum atomic E-state index is 13.0. The van der Waals surface area contributed by atoms with E-state index in [-0.39, 0.29) is 28.7 Å². The molecule has 0 fully saturated rings. The number of aliphatic hydroxyl groups is 2. The highest BCUT2D eigenvalue weighted by Gasteiger charge is 2.23. The second-order valence-corrected chi connectivity index (χ2v) is 7.78. The van der Waals surface area contributed by atoms with E-state index in [1.165, 1.54) is 35.9 Å². The second kappa shape index (κ2) is 9.10. The fourth-order valence-corrected chi connectivity index (χ4v) is 3.60. The summed E-state index contributed by atoms with van der Waals surface area (Å²) in [5.74, 6) is -3.34. The molecule has 1 aromatic heterocycles. The highest BCUT2D eigenvalue weighted by atomic mass is 35.5. The minimum absolute atomic E-state index is 0.0863. The summed E-state index contributed by atoms with van der Waals surface area (Å²) in [5.41, 5.74) is 1.44. The molecule has 0 saturated heterocycles. The minimum Gasteiger partial charge on any atom is -0.447 e. The molecule has 1 atom stereocenters. The Morgan fingerprint density at radius 2 is 1.84 bits per heavy atom. The quantitative estimate of drug-likeness (QED) is 0.336. The molecule has 0 saturated carbocycles. The Balaban J connectivity index is 2.15. The number of nitrogens with zero attached hydrogens (tertiary/aromatic N) is 1. The Hall–Kier alpha value is -2.87. The molecule has 31 heavy (non-hydrogen) atoms. The predicted octanol–water partition coefficient (Wildman–Crippen LogP) is 3.32. The number of rotatable bonds is 7. The summed E-state index contributed by atoms with van der Waals surface area (Å²) in [5, 5.41) is 19.6. The van der Waals surface area contributed by atoms with E-state index in [1.54, 1.807) is 6.07 Å². The van der Waals surface area contributed by atoms with Crippen molar-refractivity contribution in [3.8, 4) is 16.9 Å². The topological polar surface area (TPSA) is 88.8 Å². The number of pyridine rings is 1. The summed E-state index contributed by atoms with van der Waals surface area (Å²) in [6.45, 7) is 3.23. The Morgan fingerprint density at radius 3 is 2.45 bits per heavy atom. The lowest BCUT2D eigenvalue weighted by atomic mass is 9.97. The summed E-state index contributed by atoms with van der Waals surface area (Å²) < 4.78 is 6.54. The number of halogens is 1. The van der Waals surface area contributed by atoms with Crippen LogP contribution in [0, 0.1) is 0 Å². The molecular formula is C23H21BClNO5. The fourth-order valence-electron chi connectivity index (χ4n) is 3.43. The Kier molecular flexibility index (Phi) is 6.69. The van der Waals surface area contributed by atoms with Crippen molar-refractivity contribution in [2.24, 2.45) is 0 Å². The van der Waals surface area contributed by atoms with Crippen molar-refractivity contribution >= 4 is 25.2 Å². The van der Waals surface area contributed by atoms with Gasteiger partial charge in [-0.1, -0.05) is 41.9 Å². The monoisotopic (exact) mass is 437 g/mol. The van der Waals surface area contributed by atoms with Gasteiger partial charge in [0.2, 0.25) is 7.85 Å². The Bertz CT molecular complexity index is 1150. The normalized spacial score (nSPS) is 12.4. The van der Waals surface area contributed by atoms with E-state index < -0.39 is 5.87 Å². The Morgan fingerprint density at radius 1 is 1.16 bits per heavy atom. The lowest BCUT2D eigenvalue weighted by Gasteiger charge is -2.24. The van der Waals surface area contributed by atoms with Gasteiger partial charge in [0.05, 0.1) is 6.20 Å². The van der Waals surface area contributed by atoms with Crippen LogP contribution in [0.2, 0.25) is 5.02 Å². The van der Waals surface area contributed by atoms with E-state index in [9.17, 15) is 19.8 Å². The number of ether oxygens (including phenoxy) is 1. The molecule has 3 rings (SSSR count). The molecule has 0 aliphatic carbocycles. The SMILES string of the molecule is [B]C(O)(O)Oc1cn([C@H](C)Cc2ccccc2)c(=O)cc1-c1cc(Cl)ccc1C(C)=O. The number of hydrogen-bond acceptors (Lipinski definition) is 5. The average molecular weight is 438 g/mol. The maximum Gasteiger partial charge on any atom is 0.259 e. The van der Waals surface area contributed by atoms with Crippen molar-refractivity contribution < 1.29 is 19.7 Å². The number of ketones is 1. The van der Waals surface area contributed by atoms with Gasteiger partial charge in [-0.25, -0.2) is 0 Å². The van der Waals surface area contributed by atoms with Crippen molar-refractivity contribution in [2.75, 3.05) is 0 Å². The molecule has 158 valence electrons. The van der Waals surface area contributed by atoms with Gasteiger partial charge in [-0.15, -0.1) is 0 Å². The fraction of sp³-hybridized carbons (Fsp3) is 0.217. The highest BCUT2D eigenvalue weighted by molar-refractivity contribution is 6.31. The number of carbonyl (C=O) groups is 1. The zero-order chi connectivity index (χ0) is 22.8. The van der Waals surface area contributed by atoms with Gasteiger partial charge in [-0.3, -0.25) is 9.59 Å².